The van der Waals surface area contributed by atoms with Crippen molar-refractivity contribution in [2.24, 2.45) is 0 Å². The SMILES string of the molecule is Cc1nn(CC(F)(F)F)c(C)c1CC(=O)N1CCOC[C@@H]1C#N. The average Bonchev–Trinajstić information content (AvgIpc) is 2.72. The molecule has 9 heteroatoms. The predicted octanol–water partition coefficient (Wildman–Crippen LogP) is 1.36. The van der Waals surface area contributed by atoms with E-state index in [-0.39, 0.29) is 18.9 Å². The maximum Gasteiger partial charge on any atom is 0.408 e. The highest BCUT2D eigenvalue weighted by Crippen LogP contribution is 2.22. The molecule has 1 saturated heterocycles. The summed E-state index contributed by atoms with van der Waals surface area (Å²) >= 11 is 0. The molecule has 0 aliphatic carbocycles. The number of nitrogens with zero attached hydrogens (tertiary/aromatic N) is 4. The minimum Gasteiger partial charge on any atom is -0.376 e. The minimum absolute atomic E-state index is 0.0757. The van der Waals surface area contributed by atoms with Gasteiger partial charge in [0.1, 0.15) is 12.6 Å². The normalized spacial score (nSPS) is 18.8. The number of rotatable bonds is 3. The Balaban J connectivity index is 2.16. The molecule has 1 fully saturated rings. The lowest BCUT2D eigenvalue weighted by Crippen LogP contribution is -2.48. The van der Waals surface area contributed by atoms with Crippen LogP contribution in [-0.2, 0) is 22.5 Å². The molecule has 1 atom stereocenters. The Bertz CT molecular complexity index is 633. The zero-order chi connectivity index (χ0) is 17.2. The Morgan fingerprint density at radius 3 is 2.78 bits per heavy atom. The van der Waals surface area contributed by atoms with Crippen molar-refractivity contribution in [2.75, 3.05) is 19.8 Å². The van der Waals surface area contributed by atoms with E-state index < -0.39 is 18.8 Å². The van der Waals surface area contributed by atoms with Crippen molar-refractivity contribution in [3.05, 3.63) is 17.0 Å². The predicted molar refractivity (Wildman–Crippen MR) is 73.4 cm³/mol. The molecule has 1 aromatic heterocycles. The first-order valence-electron chi connectivity index (χ1n) is 7.09. The minimum atomic E-state index is -4.37. The molecular weight excluding hydrogens is 313 g/mol. The Morgan fingerprint density at radius 1 is 1.48 bits per heavy atom. The molecular formula is C14H17F3N4O2. The zero-order valence-electron chi connectivity index (χ0n) is 12.9. The van der Waals surface area contributed by atoms with Crippen LogP contribution in [0.25, 0.3) is 0 Å². The quantitative estimate of drug-likeness (QED) is 0.839. The van der Waals surface area contributed by atoms with Crippen LogP contribution in [0.2, 0.25) is 0 Å². The van der Waals surface area contributed by atoms with E-state index in [0.717, 1.165) is 4.68 Å². The van der Waals surface area contributed by atoms with Gasteiger partial charge in [0, 0.05) is 17.8 Å². The topological polar surface area (TPSA) is 71.2 Å². The fourth-order valence-corrected chi connectivity index (χ4v) is 2.58. The van der Waals surface area contributed by atoms with Crippen LogP contribution in [0, 0.1) is 25.2 Å². The second-order valence-electron chi connectivity index (χ2n) is 5.41. The summed E-state index contributed by atoms with van der Waals surface area (Å²) in [5.74, 6) is -0.308. The number of aromatic nitrogens is 2. The van der Waals surface area contributed by atoms with E-state index in [1.165, 1.54) is 11.8 Å². The summed E-state index contributed by atoms with van der Waals surface area (Å²) in [4.78, 5) is 13.8. The van der Waals surface area contributed by atoms with Gasteiger partial charge in [-0.3, -0.25) is 9.48 Å². The highest BCUT2D eigenvalue weighted by molar-refractivity contribution is 5.80. The van der Waals surface area contributed by atoms with Gasteiger partial charge in [0.2, 0.25) is 5.91 Å². The van der Waals surface area contributed by atoms with Gasteiger partial charge >= 0.3 is 6.18 Å². The van der Waals surface area contributed by atoms with Gasteiger partial charge in [0.15, 0.2) is 0 Å². The van der Waals surface area contributed by atoms with E-state index in [9.17, 15) is 18.0 Å². The maximum absolute atomic E-state index is 12.5. The number of morpholine rings is 1. The van der Waals surface area contributed by atoms with Crippen molar-refractivity contribution in [2.45, 2.75) is 39.0 Å². The van der Waals surface area contributed by atoms with E-state index in [1.54, 1.807) is 6.92 Å². The van der Waals surface area contributed by atoms with E-state index in [2.05, 4.69) is 5.10 Å². The van der Waals surface area contributed by atoms with Crippen LogP contribution >= 0.6 is 0 Å². The molecule has 1 aliphatic rings. The Labute approximate surface area is 131 Å². The fraction of sp³-hybridized carbons (Fsp3) is 0.643. The van der Waals surface area contributed by atoms with Gasteiger partial charge in [-0.25, -0.2) is 0 Å². The standard InChI is InChI=1S/C14H17F3N4O2/c1-9-12(10(2)21(19-9)8-14(15,16)17)5-13(22)20-3-4-23-7-11(20)6-18/h11H,3-5,7-8H2,1-2H3/t11-/m0/s1. The summed E-state index contributed by atoms with van der Waals surface area (Å²) < 4.78 is 43.6. The van der Waals surface area contributed by atoms with Gasteiger partial charge in [0.05, 0.1) is 31.4 Å². The molecule has 0 aromatic carbocycles. The van der Waals surface area contributed by atoms with Gasteiger partial charge in [0.25, 0.3) is 0 Å². The van der Waals surface area contributed by atoms with Gasteiger partial charge in [-0.1, -0.05) is 0 Å². The van der Waals surface area contributed by atoms with Crippen LogP contribution in [-0.4, -0.2) is 52.6 Å². The first-order valence-corrected chi connectivity index (χ1v) is 7.09. The van der Waals surface area contributed by atoms with Crippen LogP contribution in [0.4, 0.5) is 13.2 Å². The van der Waals surface area contributed by atoms with Crippen molar-refractivity contribution in [1.82, 2.24) is 14.7 Å². The second kappa shape index (κ2) is 6.58. The van der Waals surface area contributed by atoms with Gasteiger partial charge in [-0.15, -0.1) is 0 Å². The molecule has 2 rings (SSSR count). The first kappa shape index (κ1) is 17.3. The van der Waals surface area contributed by atoms with Crippen LogP contribution in [0.3, 0.4) is 0 Å². The van der Waals surface area contributed by atoms with Crippen molar-refractivity contribution in [3.8, 4) is 6.07 Å². The molecule has 0 bridgehead atoms. The number of hydrogen-bond donors (Lipinski definition) is 0. The molecule has 126 valence electrons. The summed E-state index contributed by atoms with van der Waals surface area (Å²) in [6.07, 6.45) is -4.45. The molecule has 6 nitrogen and oxygen atoms in total. The highest BCUT2D eigenvalue weighted by Gasteiger charge is 2.31. The van der Waals surface area contributed by atoms with Crippen LogP contribution in [0.5, 0.6) is 0 Å². The summed E-state index contributed by atoms with van der Waals surface area (Å²) in [5.41, 5.74) is 1.18. The summed E-state index contributed by atoms with van der Waals surface area (Å²) in [6.45, 7) is 2.68. The van der Waals surface area contributed by atoms with Crippen LogP contribution in [0.15, 0.2) is 0 Å². The molecule has 0 radical (unpaired) electrons. The summed E-state index contributed by atoms with van der Waals surface area (Å²) in [5, 5.41) is 12.9. The number of ether oxygens (including phenoxy) is 1. The smallest absolute Gasteiger partial charge is 0.376 e. The van der Waals surface area contributed by atoms with Crippen molar-refractivity contribution in [1.29, 1.82) is 5.26 Å². The van der Waals surface area contributed by atoms with Crippen molar-refractivity contribution in [3.63, 3.8) is 0 Å². The number of hydrogen-bond acceptors (Lipinski definition) is 4. The van der Waals surface area contributed by atoms with Crippen LogP contribution < -0.4 is 0 Å². The van der Waals surface area contributed by atoms with E-state index in [0.29, 0.717) is 30.1 Å². The molecule has 0 saturated carbocycles. The lowest BCUT2D eigenvalue weighted by molar-refractivity contribution is -0.143. The third-order valence-electron chi connectivity index (χ3n) is 3.79. The largest absolute Gasteiger partial charge is 0.408 e. The van der Waals surface area contributed by atoms with Gasteiger partial charge in [-0.05, 0) is 13.8 Å². The molecule has 0 unspecified atom stereocenters. The molecule has 1 aliphatic heterocycles. The van der Waals surface area contributed by atoms with Crippen molar-refractivity contribution >= 4 is 5.91 Å². The number of halogens is 3. The number of carbonyl (C=O) groups is 1. The van der Waals surface area contributed by atoms with E-state index >= 15 is 0 Å². The maximum atomic E-state index is 12.5. The number of alkyl halides is 3. The van der Waals surface area contributed by atoms with Crippen LogP contribution in [0.1, 0.15) is 17.0 Å². The number of amides is 1. The van der Waals surface area contributed by atoms with Gasteiger partial charge in [-0.2, -0.15) is 23.5 Å². The molecule has 0 spiro atoms. The third kappa shape index (κ3) is 4.01. The number of carbonyl (C=O) groups excluding carboxylic acids is 1. The average molecular weight is 330 g/mol. The molecule has 23 heavy (non-hydrogen) atoms. The first-order chi connectivity index (χ1) is 10.7. The third-order valence-corrected chi connectivity index (χ3v) is 3.79. The van der Waals surface area contributed by atoms with E-state index in [1.807, 2.05) is 6.07 Å². The number of aryl methyl sites for hydroxylation is 1. The Kier molecular flexibility index (Phi) is 4.94. The molecule has 1 aromatic rings. The fourth-order valence-electron chi connectivity index (χ4n) is 2.58. The summed E-state index contributed by atoms with van der Waals surface area (Å²) in [6, 6.07) is 1.33. The number of nitriles is 1. The van der Waals surface area contributed by atoms with E-state index in [4.69, 9.17) is 10.00 Å². The molecule has 0 N–H and O–H groups in total. The Morgan fingerprint density at radius 2 is 2.17 bits per heavy atom. The zero-order valence-corrected chi connectivity index (χ0v) is 12.9. The Hall–Kier alpha value is -2.08. The van der Waals surface area contributed by atoms with Gasteiger partial charge < -0.3 is 9.64 Å². The monoisotopic (exact) mass is 330 g/mol. The van der Waals surface area contributed by atoms with Crippen molar-refractivity contribution < 1.29 is 22.7 Å². The highest BCUT2D eigenvalue weighted by atomic mass is 19.4. The lowest BCUT2D eigenvalue weighted by Gasteiger charge is -2.31. The molecule has 2 heterocycles. The second-order valence-corrected chi connectivity index (χ2v) is 5.41. The molecule has 1 amide bonds. The summed E-state index contributed by atoms with van der Waals surface area (Å²) in [7, 11) is 0. The lowest BCUT2D eigenvalue weighted by atomic mass is 10.1.